The van der Waals surface area contributed by atoms with E-state index in [4.69, 9.17) is 0 Å². The third-order valence-corrected chi connectivity index (χ3v) is 7.47. The molecular weight excluding hydrogens is 312 g/mol. The summed E-state index contributed by atoms with van der Waals surface area (Å²) < 4.78 is 0. The van der Waals surface area contributed by atoms with E-state index in [1.54, 1.807) is 0 Å². The Hall–Kier alpha value is -0.573. The Morgan fingerprint density at radius 1 is 0.833 bits per heavy atom. The Balaban J connectivity index is 3.47. The van der Waals surface area contributed by atoms with Crippen LogP contribution in [0.2, 0.25) is 25.2 Å². The Morgan fingerprint density at radius 2 is 1.29 bits per heavy atom. The number of hydrogen-bond donors (Lipinski definition) is 1. The molecule has 0 spiro atoms. The van der Waals surface area contributed by atoms with Crippen molar-refractivity contribution < 1.29 is 9.90 Å². The molecule has 142 valence electrons. The highest BCUT2D eigenvalue weighted by atomic mass is 28.3. The van der Waals surface area contributed by atoms with Crippen molar-refractivity contribution in [3.63, 3.8) is 0 Å². The molecule has 0 aromatic rings. The maximum absolute atomic E-state index is 11.3. The van der Waals surface area contributed by atoms with E-state index in [0.29, 0.717) is 0 Å². The van der Waals surface area contributed by atoms with Crippen molar-refractivity contribution in [3.05, 3.63) is 12.2 Å². The van der Waals surface area contributed by atoms with E-state index in [1.807, 2.05) is 0 Å². The van der Waals surface area contributed by atoms with Gasteiger partial charge in [-0.25, -0.2) is 0 Å². The Morgan fingerprint density at radius 3 is 1.75 bits per heavy atom. The molecule has 0 aromatic heterocycles. The Labute approximate surface area is 152 Å². The van der Waals surface area contributed by atoms with Crippen LogP contribution in [0.4, 0.5) is 0 Å². The molecular formula is C21H42O2Si. The van der Waals surface area contributed by atoms with Crippen LogP contribution in [0.3, 0.4) is 0 Å². The number of aliphatic carboxylic acids is 1. The fraction of sp³-hybridized carbons (Fsp3) is 0.857. The van der Waals surface area contributed by atoms with Crippen molar-refractivity contribution in [2.24, 2.45) is 0 Å². The number of carbonyl (C=O) groups is 1. The van der Waals surface area contributed by atoms with Gasteiger partial charge in [0.2, 0.25) is 0 Å². The summed E-state index contributed by atoms with van der Waals surface area (Å²) in [5.74, 6) is -0.577. The molecule has 1 atom stereocenters. The lowest BCUT2D eigenvalue weighted by molar-refractivity contribution is -0.137. The van der Waals surface area contributed by atoms with E-state index < -0.39 is 14.0 Å². The summed E-state index contributed by atoms with van der Waals surface area (Å²) in [6.07, 6.45) is 21.0. The van der Waals surface area contributed by atoms with Gasteiger partial charge in [0.05, 0.1) is 13.6 Å². The summed E-state index contributed by atoms with van der Waals surface area (Å²) in [6.45, 7) is 8.76. The summed E-state index contributed by atoms with van der Waals surface area (Å²) in [5, 5.41) is 9.34. The molecule has 0 saturated heterocycles. The van der Waals surface area contributed by atoms with E-state index in [0.717, 1.165) is 12.8 Å². The van der Waals surface area contributed by atoms with Crippen LogP contribution in [-0.2, 0) is 4.79 Å². The van der Waals surface area contributed by atoms with Crippen molar-refractivity contribution in [1.82, 2.24) is 0 Å². The molecule has 0 aliphatic heterocycles. The standard InChI is InChI=1S/C21H42O2Si/c1-5-6-7-8-9-10-11-12-13-14-15-16-17-18-19-20(21(22)23)24(2,3)4/h12-13,20H,5-11,14-19H2,1-4H3,(H,22,23)/b13-12-. The van der Waals surface area contributed by atoms with E-state index in [9.17, 15) is 9.90 Å². The minimum absolute atomic E-state index is 0.0743. The van der Waals surface area contributed by atoms with Gasteiger partial charge in [0.25, 0.3) is 0 Å². The lowest BCUT2D eigenvalue weighted by atomic mass is 10.1. The lowest BCUT2D eigenvalue weighted by Gasteiger charge is -2.24. The maximum Gasteiger partial charge on any atom is 0.303 e. The second kappa shape index (κ2) is 14.7. The molecule has 0 saturated carbocycles. The quantitative estimate of drug-likeness (QED) is 0.178. The third kappa shape index (κ3) is 13.8. The topological polar surface area (TPSA) is 37.3 Å². The van der Waals surface area contributed by atoms with Crippen LogP contribution in [0, 0.1) is 0 Å². The van der Waals surface area contributed by atoms with Crippen LogP contribution in [-0.4, -0.2) is 19.1 Å². The fourth-order valence-electron chi connectivity index (χ4n) is 3.17. The first kappa shape index (κ1) is 23.4. The van der Waals surface area contributed by atoms with Gasteiger partial charge in [0, 0.05) is 0 Å². The average molecular weight is 355 g/mol. The molecule has 0 fully saturated rings. The summed E-state index contributed by atoms with van der Waals surface area (Å²) in [5.41, 5.74) is -0.0743. The smallest absolute Gasteiger partial charge is 0.303 e. The largest absolute Gasteiger partial charge is 0.481 e. The van der Waals surface area contributed by atoms with Crippen molar-refractivity contribution in [2.75, 3.05) is 0 Å². The van der Waals surface area contributed by atoms with E-state index in [2.05, 4.69) is 38.7 Å². The minimum Gasteiger partial charge on any atom is -0.481 e. The zero-order chi connectivity index (χ0) is 18.3. The number of hydrogen-bond acceptors (Lipinski definition) is 1. The van der Waals surface area contributed by atoms with Crippen molar-refractivity contribution in [1.29, 1.82) is 0 Å². The number of rotatable bonds is 16. The molecule has 24 heavy (non-hydrogen) atoms. The van der Waals surface area contributed by atoms with E-state index >= 15 is 0 Å². The van der Waals surface area contributed by atoms with Gasteiger partial charge in [0.15, 0.2) is 0 Å². The van der Waals surface area contributed by atoms with Gasteiger partial charge in [-0.3, -0.25) is 4.79 Å². The van der Waals surface area contributed by atoms with Gasteiger partial charge in [-0.15, -0.1) is 0 Å². The highest BCUT2D eigenvalue weighted by Gasteiger charge is 2.31. The molecule has 3 heteroatoms. The molecule has 1 N–H and O–H groups in total. The summed E-state index contributed by atoms with van der Waals surface area (Å²) in [4.78, 5) is 11.3. The fourth-order valence-corrected chi connectivity index (χ4v) is 4.98. The van der Waals surface area contributed by atoms with Crippen LogP contribution in [0.5, 0.6) is 0 Å². The molecule has 0 aliphatic rings. The molecule has 0 radical (unpaired) electrons. The zero-order valence-electron chi connectivity index (χ0n) is 16.8. The second-order valence-corrected chi connectivity index (χ2v) is 13.7. The van der Waals surface area contributed by atoms with Gasteiger partial charge in [-0.2, -0.15) is 0 Å². The second-order valence-electron chi connectivity index (χ2n) is 8.28. The molecule has 0 heterocycles. The number of unbranched alkanes of at least 4 members (excludes halogenated alkanes) is 10. The van der Waals surface area contributed by atoms with E-state index in [1.165, 1.54) is 70.6 Å². The van der Waals surface area contributed by atoms with Crippen LogP contribution >= 0.6 is 0 Å². The number of allylic oxidation sites excluding steroid dienone is 2. The molecule has 0 rings (SSSR count). The minimum atomic E-state index is -1.57. The Bertz CT molecular complexity index is 331. The van der Waals surface area contributed by atoms with Crippen LogP contribution in [0.15, 0.2) is 12.2 Å². The summed E-state index contributed by atoms with van der Waals surface area (Å²) >= 11 is 0. The van der Waals surface area contributed by atoms with Gasteiger partial charge in [-0.1, -0.05) is 90.1 Å². The zero-order valence-corrected chi connectivity index (χ0v) is 17.8. The van der Waals surface area contributed by atoms with Gasteiger partial charge >= 0.3 is 5.97 Å². The van der Waals surface area contributed by atoms with E-state index in [-0.39, 0.29) is 5.54 Å². The molecule has 0 bridgehead atoms. The van der Waals surface area contributed by atoms with Crippen LogP contribution < -0.4 is 0 Å². The van der Waals surface area contributed by atoms with Gasteiger partial charge in [0.1, 0.15) is 0 Å². The molecule has 0 amide bonds. The predicted octanol–water partition coefficient (Wildman–Crippen LogP) is 7.43. The third-order valence-electron chi connectivity index (χ3n) is 4.85. The van der Waals surface area contributed by atoms with Crippen LogP contribution in [0.25, 0.3) is 0 Å². The average Bonchev–Trinajstić information content (AvgIpc) is 2.49. The Kier molecular flexibility index (Phi) is 14.4. The normalized spacial score (nSPS) is 13.5. The van der Waals surface area contributed by atoms with Crippen molar-refractivity contribution >= 4 is 14.0 Å². The number of carboxylic acids is 1. The molecule has 2 nitrogen and oxygen atoms in total. The molecule has 0 aromatic carbocycles. The maximum atomic E-state index is 11.3. The summed E-state index contributed by atoms with van der Waals surface area (Å²) in [7, 11) is -1.57. The number of carboxylic acid groups (broad SMARTS) is 1. The van der Waals surface area contributed by atoms with Gasteiger partial charge < -0.3 is 5.11 Å². The van der Waals surface area contributed by atoms with Crippen LogP contribution in [0.1, 0.15) is 90.4 Å². The summed E-state index contributed by atoms with van der Waals surface area (Å²) in [6, 6.07) is 0. The van der Waals surface area contributed by atoms with Crippen molar-refractivity contribution in [2.45, 2.75) is 116 Å². The SMILES string of the molecule is CCCCCCCC/C=C\CCCCCCC(C(=O)O)[Si](C)(C)C. The monoisotopic (exact) mass is 354 g/mol. The first-order valence-electron chi connectivity index (χ1n) is 10.3. The highest BCUT2D eigenvalue weighted by molar-refractivity contribution is 6.80. The predicted molar refractivity (Wildman–Crippen MR) is 110 cm³/mol. The highest BCUT2D eigenvalue weighted by Crippen LogP contribution is 2.28. The first-order chi connectivity index (χ1) is 11.4. The lowest BCUT2D eigenvalue weighted by Crippen LogP contribution is -2.33. The molecule has 0 aliphatic carbocycles. The molecule has 1 unspecified atom stereocenters. The first-order valence-corrected chi connectivity index (χ1v) is 13.8. The van der Waals surface area contributed by atoms with Crippen molar-refractivity contribution in [3.8, 4) is 0 Å². The van der Waals surface area contributed by atoms with Gasteiger partial charge in [-0.05, 0) is 32.1 Å².